The van der Waals surface area contributed by atoms with Crippen molar-refractivity contribution in [1.82, 2.24) is 0 Å². The molecule has 4 N–H and O–H groups in total. The van der Waals surface area contributed by atoms with Gasteiger partial charge in [-0.3, -0.25) is 14.1 Å². The van der Waals surface area contributed by atoms with Crippen molar-refractivity contribution in [3.05, 3.63) is 60.8 Å². The van der Waals surface area contributed by atoms with Crippen LogP contribution >= 0.6 is 0 Å². The van der Waals surface area contributed by atoms with Crippen LogP contribution in [0.5, 0.6) is 0 Å². The van der Waals surface area contributed by atoms with Crippen molar-refractivity contribution in [3.8, 4) is 0 Å². The first-order chi connectivity index (χ1) is 27.5. The van der Waals surface area contributed by atoms with Gasteiger partial charge in [0.15, 0.2) is 12.4 Å². The molecule has 0 saturated carbocycles. The SMILES string of the molecule is CC/C=C/C=C/C=C/CCCCCCCC(=O)OC(COC(=O)CCCCC/C=C/C=C/CCCCCCCCC)CO[C@H]1O[C@H](CS(=O)(=O)O)[C@@H](O)C(O)C1O. The molecule has 1 aliphatic rings. The fraction of sp³-hybridized carbons (Fsp3) is 0.727. The van der Waals surface area contributed by atoms with E-state index in [1.165, 1.54) is 44.9 Å². The van der Waals surface area contributed by atoms with Gasteiger partial charge in [-0.25, -0.2) is 0 Å². The summed E-state index contributed by atoms with van der Waals surface area (Å²) in [6.45, 7) is 3.56. The number of carbonyl (C=O) groups is 2. The van der Waals surface area contributed by atoms with Crippen molar-refractivity contribution in [2.24, 2.45) is 0 Å². The number of esters is 2. The molecule has 0 radical (unpaired) electrons. The zero-order valence-electron chi connectivity index (χ0n) is 34.7. The first kappa shape index (κ1) is 52.4. The monoisotopic (exact) mass is 826 g/mol. The van der Waals surface area contributed by atoms with Crippen LogP contribution in [0.4, 0.5) is 0 Å². The number of aliphatic hydroxyl groups excluding tert-OH is 3. The molecule has 6 atom stereocenters. The van der Waals surface area contributed by atoms with Crippen LogP contribution in [0.3, 0.4) is 0 Å². The highest BCUT2D eigenvalue weighted by Gasteiger charge is 2.46. The second-order valence-corrected chi connectivity index (χ2v) is 16.2. The van der Waals surface area contributed by atoms with Crippen LogP contribution in [-0.4, -0.2) is 96.0 Å². The second kappa shape index (κ2) is 34.2. The van der Waals surface area contributed by atoms with E-state index >= 15 is 0 Å². The molecule has 1 fully saturated rings. The Balaban J connectivity index is 2.51. The third-order valence-electron chi connectivity index (χ3n) is 9.42. The van der Waals surface area contributed by atoms with Crippen molar-refractivity contribution < 1.29 is 56.8 Å². The van der Waals surface area contributed by atoms with Gasteiger partial charge in [-0.2, -0.15) is 8.42 Å². The van der Waals surface area contributed by atoms with Crippen LogP contribution in [0.1, 0.15) is 149 Å². The number of allylic oxidation sites excluding steroid dienone is 10. The summed E-state index contributed by atoms with van der Waals surface area (Å²) < 4.78 is 53.9. The lowest BCUT2D eigenvalue weighted by molar-refractivity contribution is -0.297. The van der Waals surface area contributed by atoms with Crippen molar-refractivity contribution >= 4 is 22.1 Å². The Morgan fingerprint density at radius 1 is 0.614 bits per heavy atom. The number of aliphatic hydroxyl groups is 3. The van der Waals surface area contributed by atoms with E-state index in [0.29, 0.717) is 12.8 Å². The molecule has 0 aromatic rings. The Morgan fingerprint density at radius 3 is 1.67 bits per heavy atom. The Hall–Kier alpha value is -2.65. The average molecular weight is 827 g/mol. The minimum absolute atomic E-state index is 0.133. The summed E-state index contributed by atoms with van der Waals surface area (Å²) in [5, 5.41) is 30.8. The van der Waals surface area contributed by atoms with E-state index in [-0.39, 0.29) is 19.4 Å². The van der Waals surface area contributed by atoms with E-state index < -0.39 is 71.2 Å². The van der Waals surface area contributed by atoms with Crippen LogP contribution in [0.25, 0.3) is 0 Å². The molecule has 1 rings (SSSR count). The van der Waals surface area contributed by atoms with Gasteiger partial charge in [0.05, 0.1) is 6.61 Å². The van der Waals surface area contributed by atoms with Gasteiger partial charge in [-0.05, 0) is 57.8 Å². The van der Waals surface area contributed by atoms with Crippen LogP contribution < -0.4 is 0 Å². The molecule has 0 bridgehead atoms. The van der Waals surface area contributed by atoms with Gasteiger partial charge in [0, 0.05) is 12.8 Å². The Bertz CT molecular complexity index is 1290. The van der Waals surface area contributed by atoms with Gasteiger partial charge in [-0.1, -0.05) is 139 Å². The fourth-order valence-electron chi connectivity index (χ4n) is 6.08. The summed E-state index contributed by atoms with van der Waals surface area (Å²) in [6, 6.07) is 0. The molecule has 57 heavy (non-hydrogen) atoms. The van der Waals surface area contributed by atoms with Crippen molar-refractivity contribution in [2.75, 3.05) is 19.0 Å². The first-order valence-corrected chi connectivity index (χ1v) is 23.0. The Labute approximate surface area is 343 Å². The topological polar surface area (TPSA) is 186 Å². The molecule has 1 aliphatic heterocycles. The van der Waals surface area contributed by atoms with E-state index in [1.54, 1.807) is 0 Å². The molecule has 0 aliphatic carbocycles. The predicted molar refractivity (Wildman–Crippen MR) is 224 cm³/mol. The number of carbonyl (C=O) groups excluding carboxylic acids is 2. The molecule has 328 valence electrons. The predicted octanol–water partition coefficient (Wildman–Crippen LogP) is 8.17. The van der Waals surface area contributed by atoms with Crippen molar-refractivity contribution in [3.63, 3.8) is 0 Å². The Kier molecular flexibility index (Phi) is 31.5. The van der Waals surface area contributed by atoms with Gasteiger partial charge in [-0.15, -0.1) is 0 Å². The highest BCUT2D eigenvalue weighted by Crippen LogP contribution is 2.24. The summed E-state index contributed by atoms with van der Waals surface area (Å²) >= 11 is 0. The minimum Gasteiger partial charge on any atom is -0.462 e. The molecular weight excluding hydrogens is 753 g/mol. The summed E-state index contributed by atoms with van der Waals surface area (Å²) in [5.41, 5.74) is 0. The van der Waals surface area contributed by atoms with Gasteiger partial charge in [0.25, 0.3) is 10.1 Å². The molecule has 3 unspecified atom stereocenters. The van der Waals surface area contributed by atoms with Gasteiger partial charge in [0.2, 0.25) is 0 Å². The maximum atomic E-state index is 12.8. The van der Waals surface area contributed by atoms with Crippen molar-refractivity contribution in [2.45, 2.75) is 185 Å². The van der Waals surface area contributed by atoms with E-state index in [2.05, 4.69) is 50.3 Å². The summed E-state index contributed by atoms with van der Waals surface area (Å²) in [4.78, 5) is 25.3. The molecular formula is C44H74O12S. The number of hydrogen-bond acceptors (Lipinski definition) is 11. The maximum Gasteiger partial charge on any atom is 0.306 e. The number of unbranched alkanes of at least 4 members (excludes halogenated alkanes) is 15. The number of rotatable bonds is 34. The van der Waals surface area contributed by atoms with Crippen LogP contribution in [0.2, 0.25) is 0 Å². The summed E-state index contributed by atoms with van der Waals surface area (Å²) in [5.74, 6) is -2.05. The summed E-state index contributed by atoms with van der Waals surface area (Å²) in [7, 11) is -4.61. The normalized spacial score (nSPS) is 21.1. The molecule has 0 aromatic carbocycles. The quantitative estimate of drug-likeness (QED) is 0.0211. The fourth-order valence-corrected chi connectivity index (χ4v) is 6.77. The first-order valence-electron chi connectivity index (χ1n) is 21.4. The molecule has 1 heterocycles. The zero-order valence-corrected chi connectivity index (χ0v) is 35.5. The third-order valence-corrected chi connectivity index (χ3v) is 10.2. The van der Waals surface area contributed by atoms with E-state index in [1.807, 2.05) is 24.3 Å². The van der Waals surface area contributed by atoms with Crippen LogP contribution in [0.15, 0.2) is 60.8 Å². The van der Waals surface area contributed by atoms with Crippen LogP contribution in [-0.2, 0) is 38.7 Å². The third kappa shape index (κ3) is 29.2. The van der Waals surface area contributed by atoms with Crippen LogP contribution in [0, 0.1) is 0 Å². The largest absolute Gasteiger partial charge is 0.462 e. The molecule has 0 aromatic heterocycles. The lowest BCUT2D eigenvalue weighted by Crippen LogP contribution is -2.60. The number of ether oxygens (including phenoxy) is 4. The average Bonchev–Trinajstić information content (AvgIpc) is 3.17. The highest BCUT2D eigenvalue weighted by atomic mass is 32.2. The second-order valence-electron chi connectivity index (χ2n) is 14.7. The van der Waals surface area contributed by atoms with Gasteiger partial charge >= 0.3 is 11.9 Å². The van der Waals surface area contributed by atoms with E-state index in [9.17, 15) is 37.9 Å². The van der Waals surface area contributed by atoms with Gasteiger partial charge in [0.1, 0.15) is 36.8 Å². The van der Waals surface area contributed by atoms with E-state index in [0.717, 1.165) is 64.2 Å². The Morgan fingerprint density at radius 2 is 1.11 bits per heavy atom. The van der Waals surface area contributed by atoms with Crippen molar-refractivity contribution in [1.29, 1.82) is 0 Å². The minimum atomic E-state index is -4.61. The lowest BCUT2D eigenvalue weighted by atomic mass is 10.00. The number of hydrogen-bond donors (Lipinski definition) is 4. The summed E-state index contributed by atoms with van der Waals surface area (Å²) in [6.07, 6.45) is 31.3. The van der Waals surface area contributed by atoms with Gasteiger partial charge < -0.3 is 34.3 Å². The standard InChI is InChI=1S/C44H74O12S/c1-3-5-7-9-11-13-15-17-18-19-21-22-24-26-28-30-32-39(45)53-34-37(35-54-44-43(49)42(48)41(47)38(56-44)36-57(50,51)52)55-40(46)33-31-29-27-25-23-20-16-14-12-10-8-6-4-2/h6,8,10,12,14,16,18-19,21-22,37-38,41-44,47-49H,3-5,7,9,11,13,15,17,20,23-36H2,1-2H3,(H,50,51,52)/b8-6+,12-10+,16-14+,19-18+,22-21+/t37?,38-,41-,42?,43?,44+/m1/s1. The molecule has 0 amide bonds. The molecule has 0 spiro atoms. The maximum absolute atomic E-state index is 12.8. The smallest absolute Gasteiger partial charge is 0.306 e. The molecule has 1 saturated heterocycles. The van der Waals surface area contributed by atoms with E-state index in [4.69, 9.17) is 18.9 Å². The molecule has 12 nitrogen and oxygen atoms in total. The highest BCUT2D eigenvalue weighted by molar-refractivity contribution is 7.85. The zero-order chi connectivity index (χ0) is 42.0. The lowest BCUT2D eigenvalue weighted by Gasteiger charge is -2.40. The molecule has 13 heteroatoms.